The van der Waals surface area contributed by atoms with Gasteiger partial charge in [-0.05, 0) is 24.7 Å². The number of hydrogen-bond donors (Lipinski definition) is 0. The van der Waals surface area contributed by atoms with Crippen LogP contribution in [0.2, 0.25) is 0 Å². The van der Waals surface area contributed by atoms with Crippen molar-refractivity contribution >= 4 is 23.0 Å². The van der Waals surface area contributed by atoms with Crippen LogP contribution in [0.15, 0.2) is 42.5 Å². The molecule has 3 rings (SSSR count). The van der Waals surface area contributed by atoms with Gasteiger partial charge in [-0.2, -0.15) is 13.2 Å². The van der Waals surface area contributed by atoms with E-state index < -0.39 is 16.8 Å². The van der Waals surface area contributed by atoms with E-state index in [-0.39, 0.29) is 16.8 Å². The van der Waals surface area contributed by atoms with E-state index in [0.29, 0.717) is 31.0 Å². The zero-order valence-electron chi connectivity index (χ0n) is 14.0. The van der Waals surface area contributed by atoms with Crippen LogP contribution in [0.25, 0.3) is 0 Å². The lowest BCUT2D eigenvalue weighted by Crippen LogP contribution is -2.48. The van der Waals surface area contributed by atoms with Crippen LogP contribution in [-0.4, -0.2) is 54.3 Å². The van der Waals surface area contributed by atoms with Crippen LogP contribution in [0.5, 0.6) is 0 Å². The number of benzene rings is 1. The van der Waals surface area contributed by atoms with Crippen LogP contribution < -0.4 is 0 Å². The number of alkyl halides is 3. The first-order valence-corrected chi connectivity index (χ1v) is 8.85. The van der Waals surface area contributed by atoms with Gasteiger partial charge in [-0.25, -0.2) is 0 Å². The average molecular weight is 382 g/mol. The highest BCUT2D eigenvalue weighted by Gasteiger charge is 2.40. The lowest BCUT2D eigenvalue weighted by Gasteiger charge is -2.39. The molecule has 0 N–H and O–H groups in total. The molecule has 1 amide bonds. The summed E-state index contributed by atoms with van der Waals surface area (Å²) in [7, 11) is 1.98. The summed E-state index contributed by atoms with van der Waals surface area (Å²) >= 11 is 0.593. The van der Waals surface area contributed by atoms with E-state index in [1.807, 2.05) is 37.4 Å². The minimum atomic E-state index is -4.93. The van der Waals surface area contributed by atoms with Crippen LogP contribution in [0, 0.1) is 0 Å². The van der Waals surface area contributed by atoms with Gasteiger partial charge in [-0.15, -0.1) is 11.3 Å². The number of ketones is 1. The van der Waals surface area contributed by atoms with Crippen molar-refractivity contribution in [1.29, 1.82) is 0 Å². The molecule has 1 saturated heterocycles. The summed E-state index contributed by atoms with van der Waals surface area (Å²) in [6.45, 7) is 1.59. The zero-order valence-corrected chi connectivity index (χ0v) is 14.8. The number of hydrogen-bond acceptors (Lipinski definition) is 4. The number of thiophene rings is 1. The monoisotopic (exact) mass is 382 g/mol. The first-order valence-electron chi connectivity index (χ1n) is 8.03. The number of nitrogens with zero attached hydrogens (tertiary/aromatic N) is 2. The highest BCUT2D eigenvalue weighted by Crippen LogP contribution is 2.29. The molecule has 1 aliphatic heterocycles. The van der Waals surface area contributed by atoms with E-state index >= 15 is 0 Å². The van der Waals surface area contributed by atoms with Gasteiger partial charge >= 0.3 is 6.18 Å². The normalized spacial score (nSPS) is 18.8. The van der Waals surface area contributed by atoms with Gasteiger partial charge in [0.2, 0.25) is 0 Å². The predicted molar refractivity (Wildman–Crippen MR) is 92.4 cm³/mol. The van der Waals surface area contributed by atoms with Gasteiger partial charge in [0.05, 0.1) is 15.8 Å². The fourth-order valence-electron chi connectivity index (χ4n) is 2.96. The standard InChI is InChI=1S/C18H17F3N2O2S/c1-22-9-10-23(11-13(22)12-5-3-2-4-6-12)17(25)15-8-7-14(26-15)16(24)18(19,20)21/h2-8,13H,9-11H2,1H3. The van der Waals surface area contributed by atoms with E-state index in [2.05, 4.69) is 4.90 Å². The van der Waals surface area contributed by atoms with Crippen LogP contribution in [0.3, 0.4) is 0 Å². The molecule has 1 unspecified atom stereocenters. The van der Waals surface area contributed by atoms with Crippen molar-refractivity contribution in [2.45, 2.75) is 12.2 Å². The second-order valence-electron chi connectivity index (χ2n) is 6.15. The molecule has 26 heavy (non-hydrogen) atoms. The van der Waals surface area contributed by atoms with Crippen molar-refractivity contribution in [2.75, 3.05) is 26.7 Å². The molecular formula is C18H17F3N2O2S. The Labute approximate surface area is 152 Å². The Morgan fingerprint density at radius 3 is 2.35 bits per heavy atom. The molecular weight excluding hydrogens is 365 g/mol. The molecule has 1 atom stereocenters. The van der Waals surface area contributed by atoms with E-state index in [1.54, 1.807) is 4.90 Å². The Bertz CT molecular complexity index is 804. The van der Waals surface area contributed by atoms with Gasteiger partial charge in [0, 0.05) is 19.6 Å². The summed E-state index contributed by atoms with van der Waals surface area (Å²) in [6.07, 6.45) is -4.93. The van der Waals surface area contributed by atoms with Crippen molar-refractivity contribution < 1.29 is 22.8 Å². The molecule has 1 aromatic carbocycles. The predicted octanol–water partition coefficient (Wildman–Crippen LogP) is 3.62. The Balaban J connectivity index is 1.76. The fraction of sp³-hybridized carbons (Fsp3) is 0.333. The number of amides is 1. The summed E-state index contributed by atoms with van der Waals surface area (Å²) in [5.41, 5.74) is 1.08. The lowest BCUT2D eigenvalue weighted by atomic mass is 10.0. The summed E-state index contributed by atoms with van der Waals surface area (Å²) in [5.74, 6) is -2.26. The molecule has 1 aliphatic rings. The van der Waals surface area contributed by atoms with E-state index in [9.17, 15) is 22.8 Å². The summed E-state index contributed by atoms with van der Waals surface area (Å²) in [6, 6.07) is 12.1. The minimum absolute atomic E-state index is 0.0186. The summed E-state index contributed by atoms with van der Waals surface area (Å²) in [4.78, 5) is 27.5. The van der Waals surface area contributed by atoms with Gasteiger partial charge in [0.25, 0.3) is 11.7 Å². The van der Waals surface area contributed by atoms with Crippen LogP contribution in [0.1, 0.15) is 30.9 Å². The molecule has 0 aliphatic carbocycles. The summed E-state index contributed by atoms with van der Waals surface area (Å²) < 4.78 is 37.6. The Morgan fingerprint density at radius 1 is 1.04 bits per heavy atom. The molecule has 8 heteroatoms. The average Bonchev–Trinajstić information content (AvgIpc) is 3.10. The molecule has 2 aromatic rings. The fourth-order valence-corrected chi connectivity index (χ4v) is 3.90. The second-order valence-corrected chi connectivity index (χ2v) is 7.23. The largest absolute Gasteiger partial charge is 0.455 e. The van der Waals surface area contributed by atoms with Crippen molar-refractivity contribution in [1.82, 2.24) is 9.80 Å². The third kappa shape index (κ3) is 3.81. The number of likely N-dealkylation sites (N-methyl/N-ethyl adjacent to an activating group) is 1. The Morgan fingerprint density at radius 2 is 1.69 bits per heavy atom. The molecule has 0 saturated carbocycles. The van der Waals surface area contributed by atoms with Crippen molar-refractivity contribution in [2.24, 2.45) is 0 Å². The highest BCUT2D eigenvalue weighted by molar-refractivity contribution is 7.16. The SMILES string of the molecule is CN1CCN(C(=O)c2ccc(C(=O)C(F)(F)F)s2)CC1c1ccccc1. The first-order chi connectivity index (χ1) is 12.3. The zero-order chi connectivity index (χ0) is 18.9. The molecule has 0 bridgehead atoms. The maximum Gasteiger partial charge on any atom is 0.455 e. The molecule has 0 spiro atoms. The number of carbonyl (C=O) groups excluding carboxylic acids is 2. The molecule has 1 aromatic heterocycles. The van der Waals surface area contributed by atoms with Crippen LogP contribution >= 0.6 is 11.3 Å². The third-order valence-electron chi connectivity index (χ3n) is 4.42. The van der Waals surface area contributed by atoms with Gasteiger partial charge in [-0.1, -0.05) is 30.3 Å². The second kappa shape index (κ2) is 7.20. The van der Waals surface area contributed by atoms with E-state index in [0.717, 1.165) is 11.6 Å². The van der Waals surface area contributed by atoms with Crippen LogP contribution in [-0.2, 0) is 0 Å². The lowest BCUT2D eigenvalue weighted by molar-refractivity contribution is -0.0882. The third-order valence-corrected chi connectivity index (χ3v) is 5.49. The number of Topliss-reactive ketones (excluding diaryl/α,β-unsaturated/α-hetero) is 1. The Hall–Kier alpha value is -2.19. The Kier molecular flexibility index (Phi) is 5.15. The molecule has 138 valence electrons. The minimum Gasteiger partial charge on any atom is -0.335 e. The first kappa shape index (κ1) is 18.6. The highest BCUT2D eigenvalue weighted by atomic mass is 32.1. The smallest absolute Gasteiger partial charge is 0.335 e. The number of piperazine rings is 1. The number of carbonyl (C=O) groups is 2. The van der Waals surface area contributed by atoms with Crippen LogP contribution in [0.4, 0.5) is 13.2 Å². The quantitative estimate of drug-likeness (QED) is 0.762. The van der Waals surface area contributed by atoms with Crippen molar-refractivity contribution in [3.05, 3.63) is 57.8 Å². The van der Waals surface area contributed by atoms with Gasteiger partial charge in [0.15, 0.2) is 0 Å². The van der Waals surface area contributed by atoms with E-state index in [4.69, 9.17) is 0 Å². The number of rotatable bonds is 3. The maximum atomic E-state index is 12.7. The van der Waals surface area contributed by atoms with Gasteiger partial charge in [-0.3, -0.25) is 14.5 Å². The maximum absolute atomic E-state index is 12.7. The van der Waals surface area contributed by atoms with Crippen molar-refractivity contribution in [3.63, 3.8) is 0 Å². The number of halogens is 3. The van der Waals surface area contributed by atoms with E-state index in [1.165, 1.54) is 6.07 Å². The topological polar surface area (TPSA) is 40.6 Å². The molecule has 0 radical (unpaired) electrons. The molecule has 4 nitrogen and oxygen atoms in total. The molecule has 1 fully saturated rings. The van der Waals surface area contributed by atoms with Crippen molar-refractivity contribution in [3.8, 4) is 0 Å². The summed E-state index contributed by atoms with van der Waals surface area (Å²) in [5, 5.41) is 0. The molecule has 2 heterocycles. The van der Waals surface area contributed by atoms with Gasteiger partial charge in [0.1, 0.15) is 0 Å². The van der Waals surface area contributed by atoms with Gasteiger partial charge < -0.3 is 4.90 Å².